The fraction of sp³-hybridized carbons (Fsp3) is 0.522. The highest BCUT2D eigenvalue weighted by molar-refractivity contribution is 14.1. The SMILES string of the molecule is CCCCOC(=O)C1C(C)=NC2=C(C(=O)CC(C)(C)C2)[C@@H]1c1ccc(I)cc1. The lowest BCUT2D eigenvalue weighted by Crippen LogP contribution is -2.39. The van der Waals surface area contributed by atoms with Crippen LogP contribution in [0.15, 0.2) is 40.5 Å². The van der Waals surface area contributed by atoms with Gasteiger partial charge in [0.2, 0.25) is 0 Å². The van der Waals surface area contributed by atoms with Crippen molar-refractivity contribution < 1.29 is 14.3 Å². The van der Waals surface area contributed by atoms with Crippen molar-refractivity contribution in [2.45, 2.75) is 59.3 Å². The molecule has 0 fully saturated rings. The van der Waals surface area contributed by atoms with E-state index in [9.17, 15) is 9.59 Å². The monoisotopic (exact) mass is 493 g/mol. The van der Waals surface area contributed by atoms with Crippen molar-refractivity contribution >= 4 is 40.1 Å². The van der Waals surface area contributed by atoms with Gasteiger partial charge in [0.15, 0.2) is 5.78 Å². The third-order valence-corrected chi connectivity index (χ3v) is 6.25. The number of ether oxygens (including phenoxy) is 1. The molecule has 1 aliphatic heterocycles. The molecule has 1 aromatic rings. The molecule has 0 radical (unpaired) electrons. The molecule has 4 nitrogen and oxygen atoms in total. The van der Waals surface area contributed by atoms with Crippen LogP contribution in [0, 0.1) is 14.9 Å². The molecule has 0 saturated carbocycles. The highest BCUT2D eigenvalue weighted by Gasteiger charge is 2.45. The van der Waals surface area contributed by atoms with Crippen molar-refractivity contribution in [1.82, 2.24) is 0 Å². The Hall–Kier alpha value is -1.50. The highest BCUT2D eigenvalue weighted by Crippen LogP contribution is 2.47. The van der Waals surface area contributed by atoms with Gasteiger partial charge >= 0.3 is 5.97 Å². The first-order valence-electron chi connectivity index (χ1n) is 9.97. The molecule has 5 heteroatoms. The first kappa shape index (κ1) is 21.2. The van der Waals surface area contributed by atoms with Crippen molar-refractivity contribution in [2.75, 3.05) is 6.61 Å². The Morgan fingerprint density at radius 3 is 2.57 bits per heavy atom. The van der Waals surface area contributed by atoms with E-state index >= 15 is 0 Å². The third-order valence-electron chi connectivity index (χ3n) is 5.53. The second-order valence-corrected chi connectivity index (χ2v) is 9.83. The van der Waals surface area contributed by atoms with Gasteiger partial charge < -0.3 is 4.74 Å². The summed E-state index contributed by atoms with van der Waals surface area (Å²) in [6, 6.07) is 8.09. The Morgan fingerprint density at radius 2 is 1.93 bits per heavy atom. The van der Waals surface area contributed by atoms with Crippen molar-refractivity contribution in [3.8, 4) is 0 Å². The minimum absolute atomic E-state index is 0.106. The van der Waals surface area contributed by atoms with E-state index in [2.05, 4.69) is 43.4 Å². The van der Waals surface area contributed by atoms with E-state index in [1.54, 1.807) is 0 Å². The summed E-state index contributed by atoms with van der Waals surface area (Å²) < 4.78 is 6.69. The van der Waals surface area contributed by atoms with Crippen molar-refractivity contribution in [1.29, 1.82) is 0 Å². The van der Waals surface area contributed by atoms with Crippen molar-refractivity contribution in [3.05, 3.63) is 44.7 Å². The van der Waals surface area contributed by atoms with Crippen LogP contribution in [0.5, 0.6) is 0 Å². The van der Waals surface area contributed by atoms with E-state index in [0.29, 0.717) is 18.6 Å². The molecule has 1 aliphatic carbocycles. The van der Waals surface area contributed by atoms with Crippen LogP contribution in [0.25, 0.3) is 0 Å². The van der Waals surface area contributed by atoms with Crippen LogP contribution < -0.4 is 0 Å². The van der Waals surface area contributed by atoms with Gasteiger partial charge in [0.1, 0.15) is 5.92 Å². The molecule has 0 bridgehead atoms. The summed E-state index contributed by atoms with van der Waals surface area (Å²) in [5.74, 6) is -1.03. The molecule has 2 atom stereocenters. The average molecular weight is 493 g/mol. The Bertz CT molecular complexity index is 836. The summed E-state index contributed by atoms with van der Waals surface area (Å²) in [5, 5.41) is 0. The largest absolute Gasteiger partial charge is 0.465 e. The molecule has 0 aromatic heterocycles. The van der Waals surface area contributed by atoms with Gasteiger partial charge in [0.25, 0.3) is 0 Å². The number of ketones is 1. The minimum atomic E-state index is -0.541. The fourth-order valence-corrected chi connectivity index (χ4v) is 4.55. The second-order valence-electron chi connectivity index (χ2n) is 8.58. The first-order valence-corrected chi connectivity index (χ1v) is 11.0. The van der Waals surface area contributed by atoms with Crippen LogP contribution in [-0.4, -0.2) is 24.1 Å². The zero-order valence-corrected chi connectivity index (χ0v) is 19.2. The number of unbranched alkanes of at least 4 members (excludes halogenated alkanes) is 1. The van der Waals surface area contributed by atoms with Gasteiger partial charge in [0, 0.05) is 32.9 Å². The number of aliphatic imine (C=N–C) groups is 1. The molecular formula is C23H28INO3. The average Bonchev–Trinajstić information content (AvgIpc) is 2.60. The number of hydrogen-bond acceptors (Lipinski definition) is 4. The zero-order chi connectivity index (χ0) is 20.5. The van der Waals surface area contributed by atoms with Crippen LogP contribution >= 0.6 is 22.6 Å². The predicted molar refractivity (Wildman–Crippen MR) is 119 cm³/mol. The first-order chi connectivity index (χ1) is 13.2. The summed E-state index contributed by atoms with van der Waals surface area (Å²) in [5.41, 5.74) is 3.18. The standard InChI is InChI=1S/C23H28INO3/c1-5-6-11-28-22(27)19-14(2)25-17-12-23(3,4)13-18(26)21(17)20(19)15-7-9-16(24)10-8-15/h7-10,19-20H,5-6,11-13H2,1-4H3/t19?,20-/m1/s1. The molecule has 1 heterocycles. The summed E-state index contributed by atoms with van der Waals surface area (Å²) in [4.78, 5) is 30.9. The van der Waals surface area contributed by atoms with Gasteiger partial charge in [-0.15, -0.1) is 0 Å². The molecule has 0 amide bonds. The van der Waals surface area contributed by atoms with E-state index in [4.69, 9.17) is 9.73 Å². The molecule has 0 N–H and O–H groups in total. The zero-order valence-electron chi connectivity index (χ0n) is 17.0. The number of allylic oxidation sites excluding steroid dienone is 2. The number of carbonyl (C=O) groups is 2. The maximum atomic E-state index is 13.1. The molecule has 3 rings (SSSR count). The van der Waals surface area contributed by atoms with Gasteiger partial charge in [0.05, 0.1) is 6.61 Å². The number of benzene rings is 1. The maximum Gasteiger partial charge on any atom is 0.315 e. The van der Waals surface area contributed by atoms with E-state index < -0.39 is 5.92 Å². The maximum absolute atomic E-state index is 13.1. The van der Waals surface area contributed by atoms with Crippen LogP contribution in [0.4, 0.5) is 0 Å². The van der Waals surface area contributed by atoms with Crippen LogP contribution in [-0.2, 0) is 14.3 Å². The van der Waals surface area contributed by atoms with Crippen LogP contribution in [0.2, 0.25) is 0 Å². The lowest BCUT2D eigenvalue weighted by molar-refractivity contribution is -0.146. The number of esters is 1. The van der Waals surface area contributed by atoms with E-state index in [1.807, 2.05) is 31.2 Å². The number of carbonyl (C=O) groups excluding carboxylic acids is 2. The fourth-order valence-electron chi connectivity index (χ4n) is 4.19. The molecular weight excluding hydrogens is 465 g/mol. The molecule has 28 heavy (non-hydrogen) atoms. The Morgan fingerprint density at radius 1 is 1.25 bits per heavy atom. The molecule has 150 valence electrons. The number of rotatable bonds is 5. The summed E-state index contributed by atoms with van der Waals surface area (Å²) in [6.45, 7) is 8.57. The summed E-state index contributed by atoms with van der Waals surface area (Å²) in [6.07, 6.45) is 3.04. The summed E-state index contributed by atoms with van der Waals surface area (Å²) >= 11 is 2.26. The second kappa shape index (κ2) is 8.47. The topological polar surface area (TPSA) is 55.7 Å². The van der Waals surface area contributed by atoms with Crippen molar-refractivity contribution in [3.63, 3.8) is 0 Å². The van der Waals surface area contributed by atoms with Gasteiger partial charge in [-0.05, 0) is 65.5 Å². The Kier molecular flexibility index (Phi) is 6.42. The van der Waals surface area contributed by atoms with Crippen LogP contribution in [0.1, 0.15) is 64.9 Å². The third kappa shape index (κ3) is 4.39. The smallest absolute Gasteiger partial charge is 0.315 e. The predicted octanol–water partition coefficient (Wildman–Crippen LogP) is 5.45. The van der Waals surface area contributed by atoms with Gasteiger partial charge in [-0.3, -0.25) is 14.6 Å². The molecule has 1 aromatic carbocycles. The van der Waals surface area contributed by atoms with E-state index in [1.165, 1.54) is 0 Å². The van der Waals surface area contributed by atoms with Gasteiger partial charge in [-0.25, -0.2) is 0 Å². The lowest BCUT2D eigenvalue weighted by atomic mass is 9.67. The quantitative estimate of drug-likeness (QED) is 0.311. The minimum Gasteiger partial charge on any atom is -0.465 e. The number of nitrogens with zero attached hydrogens (tertiary/aromatic N) is 1. The Balaban J connectivity index is 2.06. The van der Waals surface area contributed by atoms with Gasteiger partial charge in [-0.1, -0.05) is 39.3 Å². The number of halogens is 1. The molecule has 2 aliphatic rings. The number of hydrogen-bond donors (Lipinski definition) is 0. The van der Waals surface area contributed by atoms with Crippen LogP contribution in [0.3, 0.4) is 0 Å². The lowest BCUT2D eigenvalue weighted by Gasteiger charge is -2.39. The van der Waals surface area contributed by atoms with E-state index in [-0.39, 0.29) is 23.1 Å². The molecule has 0 spiro atoms. The number of Topliss-reactive ketones (excluding diaryl/α,β-unsaturated/α-hetero) is 1. The summed E-state index contributed by atoms with van der Waals surface area (Å²) in [7, 11) is 0. The van der Waals surface area contributed by atoms with Crippen molar-refractivity contribution in [2.24, 2.45) is 16.3 Å². The van der Waals surface area contributed by atoms with E-state index in [0.717, 1.165) is 39.8 Å². The molecule has 1 unspecified atom stereocenters. The highest BCUT2D eigenvalue weighted by atomic mass is 127. The van der Waals surface area contributed by atoms with Gasteiger partial charge in [-0.2, -0.15) is 0 Å². The normalized spacial score (nSPS) is 23.9. The molecule has 0 saturated heterocycles. The Labute approximate surface area is 181 Å².